The predicted octanol–water partition coefficient (Wildman–Crippen LogP) is 17.0. The fourth-order valence-corrected chi connectivity index (χ4v) is 13.1. The summed E-state index contributed by atoms with van der Waals surface area (Å²) >= 11 is 0. The van der Waals surface area contributed by atoms with Gasteiger partial charge >= 0.3 is 0 Å². The SMILES string of the molecule is CC1(C)c2ccccc2N(c2cccc(-n3c4ccccc4c4ccc5c(c43)C(C)(C)c3ccccc3-5)c2)c2c1ccc1c2C(C)(C)c2cc3c4ccccc4c4ccccc4c3cc2-1. The van der Waals surface area contributed by atoms with Crippen LogP contribution in [0.2, 0.25) is 0 Å². The maximum atomic E-state index is 2.62. The summed E-state index contributed by atoms with van der Waals surface area (Å²) in [4.78, 5) is 2.62. The molecule has 14 rings (SSSR count). The molecular weight excluding hydrogens is 785 g/mol. The van der Waals surface area contributed by atoms with Gasteiger partial charge < -0.3 is 9.47 Å². The number of hydrogen-bond acceptors (Lipinski definition) is 1. The van der Waals surface area contributed by atoms with Gasteiger partial charge in [0.15, 0.2) is 0 Å². The van der Waals surface area contributed by atoms with Crippen LogP contribution in [0.1, 0.15) is 74.9 Å². The van der Waals surface area contributed by atoms with Gasteiger partial charge in [-0.2, -0.15) is 0 Å². The highest BCUT2D eigenvalue weighted by molar-refractivity contribution is 6.26. The molecule has 0 fully saturated rings. The first-order chi connectivity index (χ1) is 31.5. The highest BCUT2D eigenvalue weighted by atomic mass is 15.2. The van der Waals surface area contributed by atoms with Gasteiger partial charge in [-0.15, -0.1) is 0 Å². The first-order valence-corrected chi connectivity index (χ1v) is 23.3. The summed E-state index contributed by atoms with van der Waals surface area (Å²) in [6, 6.07) is 69.2. The molecule has 0 saturated carbocycles. The van der Waals surface area contributed by atoms with Crippen molar-refractivity contribution in [3.05, 3.63) is 215 Å². The van der Waals surface area contributed by atoms with E-state index < -0.39 is 0 Å². The van der Waals surface area contributed by atoms with Crippen LogP contribution in [0.25, 0.3) is 82.1 Å². The third-order valence-electron chi connectivity index (χ3n) is 16.1. The minimum Gasteiger partial charge on any atom is -0.309 e. The van der Waals surface area contributed by atoms with Crippen LogP contribution in [-0.4, -0.2) is 4.57 Å². The second-order valence-corrected chi connectivity index (χ2v) is 20.4. The zero-order valence-corrected chi connectivity index (χ0v) is 37.7. The molecule has 2 nitrogen and oxygen atoms in total. The molecule has 0 N–H and O–H groups in total. The van der Waals surface area contributed by atoms with Crippen molar-refractivity contribution in [3.63, 3.8) is 0 Å². The molecule has 2 heterocycles. The highest BCUT2D eigenvalue weighted by Crippen LogP contribution is 2.62. The highest BCUT2D eigenvalue weighted by Gasteiger charge is 2.46. The second kappa shape index (κ2) is 12.4. The molecule has 0 unspecified atom stereocenters. The number of nitrogens with zero attached hydrogens (tertiary/aromatic N) is 2. The summed E-state index contributed by atoms with van der Waals surface area (Å²) in [5.74, 6) is 0. The summed E-state index contributed by atoms with van der Waals surface area (Å²) in [6.07, 6.45) is 0. The average Bonchev–Trinajstić information content (AvgIpc) is 3.88. The van der Waals surface area contributed by atoms with E-state index in [9.17, 15) is 0 Å². The van der Waals surface area contributed by atoms with E-state index in [1.165, 1.54) is 121 Å². The number of rotatable bonds is 2. The minimum absolute atomic E-state index is 0.171. The molecule has 10 aromatic carbocycles. The monoisotopic (exact) mass is 832 g/mol. The fourth-order valence-electron chi connectivity index (χ4n) is 13.1. The lowest BCUT2D eigenvalue weighted by Gasteiger charge is -2.44. The van der Waals surface area contributed by atoms with Gasteiger partial charge in [-0.25, -0.2) is 0 Å². The Morgan fingerprint density at radius 2 is 0.892 bits per heavy atom. The number of benzene rings is 10. The number of hydrogen-bond donors (Lipinski definition) is 0. The van der Waals surface area contributed by atoms with E-state index in [2.05, 4.69) is 233 Å². The van der Waals surface area contributed by atoms with Crippen molar-refractivity contribution < 1.29 is 0 Å². The summed E-state index contributed by atoms with van der Waals surface area (Å²) in [6.45, 7) is 14.6. The normalized spacial score (nSPS) is 15.9. The molecule has 3 aliphatic rings. The maximum absolute atomic E-state index is 2.62. The quantitative estimate of drug-likeness (QED) is 0.158. The van der Waals surface area contributed by atoms with Crippen LogP contribution in [0.3, 0.4) is 0 Å². The van der Waals surface area contributed by atoms with E-state index in [0.717, 1.165) is 11.4 Å². The summed E-state index contributed by atoms with van der Waals surface area (Å²) in [7, 11) is 0. The minimum atomic E-state index is -0.289. The molecule has 0 bridgehead atoms. The Hall–Kier alpha value is -7.42. The van der Waals surface area contributed by atoms with Crippen molar-refractivity contribution >= 4 is 71.2 Å². The number of aromatic nitrogens is 1. The van der Waals surface area contributed by atoms with Crippen LogP contribution < -0.4 is 4.90 Å². The topological polar surface area (TPSA) is 8.17 Å². The first-order valence-electron chi connectivity index (χ1n) is 23.3. The van der Waals surface area contributed by atoms with Crippen LogP contribution in [0.15, 0.2) is 182 Å². The van der Waals surface area contributed by atoms with Crippen molar-refractivity contribution in [2.45, 2.75) is 57.8 Å². The first kappa shape index (κ1) is 37.0. The molecule has 0 amide bonds. The van der Waals surface area contributed by atoms with Crippen LogP contribution >= 0.6 is 0 Å². The molecule has 65 heavy (non-hydrogen) atoms. The smallest absolute Gasteiger partial charge is 0.0588 e. The fraction of sp³-hybridized carbons (Fsp3) is 0.143. The van der Waals surface area contributed by atoms with Gasteiger partial charge in [0.05, 0.1) is 22.4 Å². The second-order valence-electron chi connectivity index (χ2n) is 20.4. The van der Waals surface area contributed by atoms with Gasteiger partial charge in [-0.05, 0) is 130 Å². The molecule has 0 radical (unpaired) electrons. The summed E-state index contributed by atoms with van der Waals surface area (Å²) in [5, 5.41) is 10.5. The maximum Gasteiger partial charge on any atom is 0.0588 e. The molecule has 1 aromatic heterocycles. The Labute approximate surface area is 380 Å². The third-order valence-corrected chi connectivity index (χ3v) is 16.1. The van der Waals surface area contributed by atoms with Crippen LogP contribution in [0.4, 0.5) is 17.1 Å². The van der Waals surface area contributed by atoms with Gasteiger partial charge in [-0.3, -0.25) is 0 Å². The van der Waals surface area contributed by atoms with E-state index in [1.807, 2.05) is 0 Å². The van der Waals surface area contributed by atoms with Gasteiger partial charge in [0.2, 0.25) is 0 Å². The lowest BCUT2D eigenvalue weighted by Crippen LogP contribution is -2.33. The molecule has 0 atom stereocenters. The van der Waals surface area contributed by atoms with E-state index in [-0.39, 0.29) is 16.2 Å². The predicted molar refractivity (Wildman–Crippen MR) is 275 cm³/mol. The average molecular weight is 833 g/mol. The van der Waals surface area contributed by atoms with E-state index in [0.29, 0.717) is 0 Å². The zero-order chi connectivity index (χ0) is 43.7. The Kier molecular flexibility index (Phi) is 7.08. The standard InChI is InChI=1S/C63H48N2/c1-61(2)52-27-14-16-29-56(52)65(38-19-17-18-37(34-38)64-55-28-15-12-25-44(55)47-31-30-45-43-24-11-13-26-51(43)62(3,4)57(45)59(47)64)60-53(61)33-32-46-50-35-48-41-22-9-7-20-39(41)40-21-8-10-23-42(40)49(48)36-54(50)63(5,6)58(46)60/h7-36H,1-6H3. The molecule has 2 aliphatic carbocycles. The molecule has 310 valence electrons. The zero-order valence-electron chi connectivity index (χ0n) is 37.7. The molecule has 0 saturated heterocycles. The van der Waals surface area contributed by atoms with Gasteiger partial charge in [0.25, 0.3) is 0 Å². The van der Waals surface area contributed by atoms with Crippen LogP contribution in [0, 0.1) is 0 Å². The molecule has 11 aromatic rings. The van der Waals surface area contributed by atoms with Crippen molar-refractivity contribution in [2.24, 2.45) is 0 Å². The van der Waals surface area contributed by atoms with E-state index >= 15 is 0 Å². The molecule has 1 aliphatic heterocycles. The van der Waals surface area contributed by atoms with Gasteiger partial charge in [0, 0.05) is 38.4 Å². The Morgan fingerprint density at radius 3 is 1.65 bits per heavy atom. The number of para-hydroxylation sites is 2. The van der Waals surface area contributed by atoms with Crippen LogP contribution in [0.5, 0.6) is 0 Å². The summed E-state index contributed by atoms with van der Waals surface area (Å²) in [5.41, 5.74) is 20.3. The Balaban J connectivity index is 1.04. The van der Waals surface area contributed by atoms with E-state index in [1.54, 1.807) is 0 Å². The molecule has 2 heteroatoms. The van der Waals surface area contributed by atoms with Gasteiger partial charge in [-0.1, -0.05) is 181 Å². The summed E-state index contributed by atoms with van der Waals surface area (Å²) < 4.78 is 2.57. The lowest BCUT2D eigenvalue weighted by molar-refractivity contribution is 0.617. The van der Waals surface area contributed by atoms with Crippen molar-refractivity contribution in [3.8, 4) is 27.9 Å². The Morgan fingerprint density at radius 1 is 0.323 bits per heavy atom. The largest absolute Gasteiger partial charge is 0.309 e. The van der Waals surface area contributed by atoms with Crippen molar-refractivity contribution in [1.82, 2.24) is 4.57 Å². The number of anilines is 3. The number of fused-ring (bicyclic) bond motifs is 19. The molecular formula is C63H48N2. The third kappa shape index (κ3) is 4.59. The Bertz CT molecular complexity index is 3930. The lowest BCUT2D eigenvalue weighted by atomic mass is 9.70. The van der Waals surface area contributed by atoms with E-state index in [4.69, 9.17) is 0 Å². The van der Waals surface area contributed by atoms with Crippen molar-refractivity contribution in [1.29, 1.82) is 0 Å². The van der Waals surface area contributed by atoms with Crippen LogP contribution in [-0.2, 0) is 16.2 Å². The van der Waals surface area contributed by atoms with Crippen molar-refractivity contribution in [2.75, 3.05) is 4.90 Å². The van der Waals surface area contributed by atoms with Gasteiger partial charge in [0.1, 0.15) is 0 Å². The molecule has 0 spiro atoms.